The summed E-state index contributed by atoms with van der Waals surface area (Å²) in [6, 6.07) is 7.77. The number of carbonyl (C=O) groups excluding carboxylic acids is 1. The van der Waals surface area contributed by atoms with Crippen LogP contribution in [0.4, 0.5) is 0 Å². The molecule has 0 saturated heterocycles. The average Bonchev–Trinajstić information content (AvgIpc) is 2.50. The first kappa shape index (κ1) is 13.8. The van der Waals surface area contributed by atoms with Gasteiger partial charge in [0.2, 0.25) is 0 Å². The minimum Gasteiger partial charge on any atom is -0.496 e. The van der Waals surface area contributed by atoms with Gasteiger partial charge >= 0.3 is 0 Å². The Morgan fingerprint density at radius 2 is 2.35 bits per heavy atom. The van der Waals surface area contributed by atoms with E-state index in [0.717, 1.165) is 17.6 Å². The van der Waals surface area contributed by atoms with Crippen LogP contribution < -0.4 is 10.1 Å². The van der Waals surface area contributed by atoms with Crippen molar-refractivity contribution in [3.05, 3.63) is 54.1 Å². The van der Waals surface area contributed by atoms with Crippen LogP contribution in [0.5, 0.6) is 5.75 Å². The summed E-state index contributed by atoms with van der Waals surface area (Å²) in [5, 5.41) is 3.05. The Hall–Kier alpha value is -2.65. The van der Waals surface area contributed by atoms with Crippen LogP contribution in [0.15, 0.2) is 48.6 Å². The second-order valence-electron chi connectivity index (χ2n) is 3.96. The van der Waals surface area contributed by atoms with Crippen molar-refractivity contribution in [2.45, 2.75) is 6.23 Å². The zero-order valence-corrected chi connectivity index (χ0v) is 11.0. The molecule has 1 N–H and O–H groups in total. The molecule has 5 heteroatoms. The maximum absolute atomic E-state index is 9.99. The number of hydrogen-bond acceptors (Lipinski definition) is 5. The SMILES string of the molecule is COC(=CNC1C=Cc2ccccc2O1)COC=C=O. The molecule has 0 fully saturated rings. The van der Waals surface area contributed by atoms with Crippen LogP contribution in [0.1, 0.15) is 5.56 Å². The molecule has 1 aliphatic rings. The van der Waals surface area contributed by atoms with Crippen molar-refractivity contribution in [3.63, 3.8) is 0 Å². The first-order chi connectivity index (χ1) is 9.83. The highest BCUT2D eigenvalue weighted by molar-refractivity contribution is 5.59. The monoisotopic (exact) mass is 273 g/mol. The molecule has 0 bridgehead atoms. The molecule has 0 radical (unpaired) electrons. The third-order valence-corrected chi connectivity index (χ3v) is 2.65. The van der Waals surface area contributed by atoms with E-state index < -0.39 is 0 Å². The maximum Gasteiger partial charge on any atom is 0.189 e. The van der Waals surface area contributed by atoms with Gasteiger partial charge in [-0.1, -0.05) is 18.2 Å². The summed E-state index contributed by atoms with van der Waals surface area (Å²) in [5.41, 5.74) is 1.04. The van der Waals surface area contributed by atoms with Gasteiger partial charge in [-0.3, -0.25) is 0 Å². The summed E-state index contributed by atoms with van der Waals surface area (Å²) in [7, 11) is 1.52. The first-order valence-corrected chi connectivity index (χ1v) is 6.07. The number of benzene rings is 1. The lowest BCUT2D eigenvalue weighted by Gasteiger charge is -2.21. The summed E-state index contributed by atoms with van der Waals surface area (Å²) >= 11 is 0. The molecule has 1 aromatic carbocycles. The van der Waals surface area contributed by atoms with Gasteiger partial charge in [0.1, 0.15) is 18.1 Å². The fourth-order valence-corrected chi connectivity index (χ4v) is 1.67. The van der Waals surface area contributed by atoms with E-state index in [0.29, 0.717) is 5.76 Å². The number of nitrogens with one attached hydrogen (secondary N) is 1. The summed E-state index contributed by atoms with van der Waals surface area (Å²) < 4.78 is 15.7. The van der Waals surface area contributed by atoms with Gasteiger partial charge in [-0.15, -0.1) is 0 Å². The molecule has 5 nitrogen and oxygen atoms in total. The zero-order chi connectivity index (χ0) is 14.2. The van der Waals surface area contributed by atoms with E-state index in [-0.39, 0.29) is 12.8 Å². The van der Waals surface area contributed by atoms with Crippen molar-refractivity contribution in [1.29, 1.82) is 0 Å². The van der Waals surface area contributed by atoms with E-state index in [4.69, 9.17) is 14.2 Å². The molecule has 0 amide bonds. The molecule has 0 aliphatic carbocycles. The Kier molecular flexibility index (Phi) is 4.87. The van der Waals surface area contributed by atoms with Gasteiger partial charge in [-0.05, 0) is 18.2 Å². The third kappa shape index (κ3) is 3.67. The molecule has 0 aromatic heterocycles. The van der Waals surface area contributed by atoms with Gasteiger partial charge in [0.05, 0.1) is 7.11 Å². The lowest BCUT2D eigenvalue weighted by atomic mass is 10.1. The zero-order valence-electron chi connectivity index (χ0n) is 11.0. The van der Waals surface area contributed by atoms with E-state index in [2.05, 4.69) is 5.32 Å². The van der Waals surface area contributed by atoms with E-state index in [1.165, 1.54) is 13.1 Å². The molecular weight excluding hydrogens is 258 g/mol. The number of methoxy groups -OCH3 is 1. The van der Waals surface area contributed by atoms with Crippen molar-refractivity contribution in [1.82, 2.24) is 5.32 Å². The van der Waals surface area contributed by atoms with Gasteiger partial charge in [0, 0.05) is 11.8 Å². The molecule has 0 spiro atoms. The minimum atomic E-state index is -0.281. The molecule has 1 unspecified atom stereocenters. The van der Waals surface area contributed by atoms with Crippen LogP contribution in [0, 0.1) is 0 Å². The normalized spacial score (nSPS) is 16.4. The van der Waals surface area contributed by atoms with Crippen LogP contribution in [0.25, 0.3) is 6.08 Å². The third-order valence-electron chi connectivity index (χ3n) is 2.65. The van der Waals surface area contributed by atoms with Crippen molar-refractivity contribution in [2.24, 2.45) is 0 Å². The second kappa shape index (κ2) is 7.07. The van der Waals surface area contributed by atoms with Gasteiger partial charge in [0.25, 0.3) is 0 Å². The average molecular weight is 273 g/mol. The van der Waals surface area contributed by atoms with Gasteiger partial charge in [0.15, 0.2) is 18.4 Å². The standard InChI is InChI=1S/C15H15NO4/c1-18-13(11-19-9-8-17)10-16-15-7-6-12-4-2-3-5-14(12)20-15/h2-7,9-10,15-16H,11H2,1H3. The first-order valence-electron chi connectivity index (χ1n) is 6.07. The van der Waals surface area contributed by atoms with Crippen LogP contribution in [-0.4, -0.2) is 25.9 Å². The van der Waals surface area contributed by atoms with Crippen LogP contribution >= 0.6 is 0 Å². The Balaban J connectivity index is 1.93. The topological polar surface area (TPSA) is 56.8 Å². The molecule has 1 aromatic rings. The molecule has 20 heavy (non-hydrogen) atoms. The number of ether oxygens (including phenoxy) is 3. The molecule has 0 saturated carbocycles. The lowest BCUT2D eigenvalue weighted by Crippen LogP contribution is -2.30. The summed E-state index contributed by atoms with van der Waals surface area (Å²) in [5.74, 6) is 2.88. The second-order valence-corrected chi connectivity index (χ2v) is 3.96. The molecule has 1 aliphatic heterocycles. The van der Waals surface area contributed by atoms with Crippen LogP contribution in [0.2, 0.25) is 0 Å². The summed E-state index contributed by atoms with van der Waals surface area (Å²) in [6.07, 6.45) is 6.19. The van der Waals surface area contributed by atoms with E-state index in [1.54, 1.807) is 6.20 Å². The van der Waals surface area contributed by atoms with E-state index in [9.17, 15) is 4.79 Å². The highest BCUT2D eigenvalue weighted by atomic mass is 16.5. The minimum absolute atomic E-state index is 0.145. The van der Waals surface area contributed by atoms with Crippen molar-refractivity contribution in [3.8, 4) is 5.75 Å². The van der Waals surface area contributed by atoms with Crippen LogP contribution in [-0.2, 0) is 14.3 Å². The van der Waals surface area contributed by atoms with Crippen LogP contribution in [0.3, 0.4) is 0 Å². The molecule has 104 valence electrons. The van der Waals surface area contributed by atoms with E-state index >= 15 is 0 Å². The highest BCUT2D eigenvalue weighted by Gasteiger charge is 2.12. The predicted octanol–water partition coefficient (Wildman–Crippen LogP) is 1.86. The quantitative estimate of drug-likeness (QED) is 0.633. The lowest BCUT2D eigenvalue weighted by molar-refractivity contribution is 0.181. The maximum atomic E-state index is 9.99. The Bertz CT molecular complexity index is 559. The predicted molar refractivity (Wildman–Crippen MR) is 74.3 cm³/mol. The largest absolute Gasteiger partial charge is 0.496 e. The van der Waals surface area contributed by atoms with Gasteiger partial charge < -0.3 is 19.5 Å². The number of para-hydroxylation sites is 1. The van der Waals surface area contributed by atoms with Crippen molar-refractivity contribution in [2.75, 3.05) is 13.7 Å². The fraction of sp³-hybridized carbons (Fsp3) is 0.200. The Labute approximate surface area is 117 Å². The van der Waals surface area contributed by atoms with Gasteiger partial charge in [-0.25, -0.2) is 4.79 Å². The molecular formula is C15H15NO4. The molecule has 1 atom stereocenters. The Morgan fingerprint density at radius 1 is 1.50 bits per heavy atom. The smallest absolute Gasteiger partial charge is 0.189 e. The highest BCUT2D eigenvalue weighted by Crippen LogP contribution is 2.24. The summed E-state index contributed by atoms with van der Waals surface area (Å²) in [4.78, 5) is 9.99. The number of fused-ring (bicyclic) bond motifs is 1. The fourth-order valence-electron chi connectivity index (χ4n) is 1.67. The van der Waals surface area contributed by atoms with E-state index in [1.807, 2.05) is 36.4 Å². The number of rotatable bonds is 6. The Morgan fingerprint density at radius 3 is 3.15 bits per heavy atom. The molecule has 1 heterocycles. The van der Waals surface area contributed by atoms with Crippen molar-refractivity contribution >= 4 is 12.0 Å². The van der Waals surface area contributed by atoms with Gasteiger partial charge in [-0.2, -0.15) is 0 Å². The van der Waals surface area contributed by atoms with Crippen molar-refractivity contribution < 1.29 is 19.0 Å². The number of hydrogen-bond donors (Lipinski definition) is 1. The molecule has 2 rings (SSSR count). The summed E-state index contributed by atoms with van der Waals surface area (Å²) in [6.45, 7) is 0.145.